The maximum Gasteiger partial charge on any atom is 0.111 e. The Kier molecular flexibility index (Phi) is 9.54. The largest absolute Gasteiger partial charge is 0.394 e. The number of aliphatic hydroxyl groups is 6. The molecule has 0 bridgehead atoms. The molecule has 0 heterocycles. The Morgan fingerprint density at radius 3 is 1.95 bits per heavy atom. The third kappa shape index (κ3) is 5.63. The van der Waals surface area contributed by atoms with Crippen molar-refractivity contribution in [1.82, 2.24) is 0 Å². The molecular formula is C14H30O6. The van der Waals surface area contributed by atoms with E-state index in [1.54, 1.807) is 6.92 Å². The summed E-state index contributed by atoms with van der Waals surface area (Å²) in [6.07, 6.45) is -2.31. The fourth-order valence-corrected chi connectivity index (χ4v) is 2.23. The van der Waals surface area contributed by atoms with Crippen LogP contribution in [0.4, 0.5) is 0 Å². The SMILES string of the molecule is CCCCCCC(O)(CC)[C@H](O)[C@@H](O)[C@H](O)[C@H](O)CO. The number of hydrogen-bond donors (Lipinski definition) is 6. The van der Waals surface area contributed by atoms with Gasteiger partial charge in [0, 0.05) is 0 Å². The Hall–Kier alpha value is -0.240. The highest BCUT2D eigenvalue weighted by atomic mass is 16.4. The van der Waals surface area contributed by atoms with E-state index < -0.39 is 36.6 Å². The fraction of sp³-hybridized carbons (Fsp3) is 1.00. The third-order valence-corrected chi connectivity index (χ3v) is 3.88. The van der Waals surface area contributed by atoms with Crippen molar-refractivity contribution >= 4 is 0 Å². The third-order valence-electron chi connectivity index (χ3n) is 3.88. The maximum absolute atomic E-state index is 10.4. The standard InChI is InChI=1S/C14H30O6/c1-3-5-6-7-8-14(20,4-2)13(19)12(18)11(17)10(16)9-15/h10-13,15-20H,3-9H2,1-2H3/t10-,11-,12+,13-,14?/m1/s1. The van der Waals surface area contributed by atoms with Gasteiger partial charge in [-0.3, -0.25) is 0 Å². The van der Waals surface area contributed by atoms with Crippen molar-refractivity contribution in [3.05, 3.63) is 0 Å². The molecule has 0 aromatic heterocycles. The molecule has 0 spiro atoms. The van der Waals surface area contributed by atoms with Crippen LogP contribution in [0, 0.1) is 0 Å². The molecule has 0 saturated heterocycles. The molecular weight excluding hydrogens is 264 g/mol. The lowest BCUT2D eigenvalue weighted by Gasteiger charge is -2.37. The average Bonchev–Trinajstić information content (AvgIpc) is 2.48. The summed E-state index contributed by atoms with van der Waals surface area (Å²) < 4.78 is 0. The summed E-state index contributed by atoms with van der Waals surface area (Å²) in [7, 11) is 0. The molecule has 0 rings (SSSR count). The molecule has 0 aromatic rings. The lowest BCUT2D eigenvalue weighted by Crippen LogP contribution is -2.55. The highest BCUT2D eigenvalue weighted by Gasteiger charge is 2.42. The monoisotopic (exact) mass is 294 g/mol. The normalized spacial score (nSPS) is 21.0. The van der Waals surface area contributed by atoms with E-state index in [9.17, 15) is 25.5 Å². The van der Waals surface area contributed by atoms with Crippen LogP contribution in [0.3, 0.4) is 0 Å². The van der Waals surface area contributed by atoms with Crippen molar-refractivity contribution in [1.29, 1.82) is 0 Å². The van der Waals surface area contributed by atoms with E-state index in [-0.39, 0.29) is 6.42 Å². The zero-order chi connectivity index (χ0) is 15.8. The van der Waals surface area contributed by atoms with E-state index in [1.165, 1.54) is 0 Å². The molecule has 20 heavy (non-hydrogen) atoms. The molecule has 0 saturated carbocycles. The smallest absolute Gasteiger partial charge is 0.111 e. The molecule has 6 heteroatoms. The highest BCUT2D eigenvalue weighted by Crippen LogP contribution is 2.27. The van der Waals surface area contributed by atoms with Crippen LogP contribution < -0.4 is 0 Å². The number of unbranched alkanes of at least 4 members (excludes halogenated alkanes) is 3. The zero-order valence-electron chi connectivity index (χ0n) is 12.4. The minimum absolute atomic E-state index is 0.222. The van der Waals surface area contributed by atoms with Crippen LogP contribution in [0.2, 0.25) is 0 Å². The van der Waals surface area contributed by atoms with Gasteiger partial charge in [0.25, 0.3) is 0 Å². The van der Waals surface area contributed by atoms with Crippen LogP contribution >= 0.6 is 0 Å². The molecule has 1 unspecified atom stereocenters. The van der Waals surface area contributed by atoms with E-state index >= 15 is 0 Å². The quantitative estimate of drug-likeness (QED) is 0.287. The number of hydrogen-bond acceptors (Lipinski definition) is 6. The summed E-state index contributed by atoms with van der Waals surface area (Å²) in [6.45, 7) is 3.02. The van der Waals surface area contributed by atoms with E-state index in [1.807, 2.05) is 0 Å². The molecule has 6 nitrogen and oxygen atoms in total. The lowest BCUT2D eigenvalue weighted by molar-refractivity contribution is -0.176. The fourth-order valence-electron chi connectivity index (χ4n) is 2.23. The van der Waals surface area contributed by atoms with Gasteiger partial charge in [0.2, 0.25) is 0 Å². The second-order valence-corrected chi connectivity index (χ2v) is 5.44. The minimum atomic E-state index is -1.71. The molecule has 122 valence electrons. The summed E-state index contributed by atoms with van der Waals surface area (Å²) in [4.78, 5) is 0. The van der Waals surface area contributed by atoms with Gasteiger partial charge in [-0.15, -0.1) is 0 Å². The minimum Gasteiger partial charge on any atom is -0.394 e. The van der Waals surface area contributed by atoms with Crippen LogP contribution in [-0.4, -0.2) is 67.3 Å². The molecule has 0 aliphatic carbocycles. The topological polar surface area (TPSA) is 121 Å². The van der Waals surface area contributed by atoms with Gasteiger partial charge in [-0.05, 0) is 12.8 Å². The summed E-state index contributed by atoms with van der Waals surface area (Å²) in [6, 6.07) is 0. The first-order chi connectivity index (χ1) is 9.33. The Bertz CT molecular complexity index is 250. The van der Waals surface area contributed by atoms with Gasteiger partial charge in [0.15, 0.2) is 0 Å². The highest BCUT2D eigenvalue weighted by molar-refractivity contribution is 4.93. The molecule has 6 N–H and O–H groups in total. The number of rotatable bonds is 11. The second kappa shape index (κ2) is 9.65. The van der Waals surface area contributed by atoms with Gasteiger partial charge in [-0.1, -0.05) is 39.5 Å². The van der Waals surface area contributed by atoms with Crippen LogP contribution in [0.5, 0.6) is 0 Å². The van der Waals surface area contributed by atoms with Crippen molar-refractivity contribution in [3.8, 4) is 0 Å². The maximum atomic E-state index is 10.4. The summed E-state index contributed by atoms with van der Waals surface area (Å²) in [5.41, 5.74) is -1.51. The molecule has 0 fully saturated rings. The predicted molar refractivity (Wildman–Crippen MR) is 75.1 cm³/mol. The Labute approximate surface area is 120 Å². The van der Waals surface area contributed by atoms with Crippen molar-refractivity contribution in [2.45, 2.75) is 82.4 Å². The summed E-state index contributed by atoms with van der Waals surface area (Å²) in [5, 5.41) is 57.9. The first-order valence-corrected chi connectivity index (χ1v) is 7.39. The van der Waals surface area contributed by atoms with Crippen LogP contribution in [0.15, 0.2) is 0 Å². The van der Waals surface area contributed by atoms with Gasteiger partial charge in [-0.2, -0.15) is 0 Å². The van der Waals surface area contributed by atoms with Gasteiger partial charge >= 0.3 is 0 Å². The van der Waals surface area contributed by atoms with Crippen molar-refractivity contribution in [3.63, 3.8) is 0 Å². The van der Waals surface area contributed by atoms with Crippen LogP contribution in [-0.2, 0) is 0 Å². The molecule has 5 atom stereocenters. The van der Waals surface area contributed by atoms with Gasteiger partial charge in [-0.25, -0.2) is 0 Å². The van der Waals surface area contributed by atoms with E-state index in [4.69, 9.17) is 5.11 Å². The van der Waals surface area contributed by atoms with E-state index in [2.05, 4.69) is 6.92 Å². The second-order valence-electron chi connectivity index (χ2n) is 5.44. The van der Waals surface area contributed by atoms with Crippen LogP contribution in [0.25, 0.3) is 0 Å². The van der Waals surface area contributed by atoms with Crippen molar-refractivity contribution in [2.24, 2.45) is 0 Å². The van der Waals surface area contributed by atoms with E-state index in [0.29, 0.717) is 12.8 Å². The molecule has 0 aromatic carbocycles. The van der Waals surface area contributed by atoms with Crippen LogP contribution in [0.1, 0.15) is 52.4 Å². The summed E-state index contributed by atoms with van der Waals surface area (Å²) >= 11 is 0. The average molecular weight is 294 g/mol. The molecule has 0 aliphatic rings. The van der Waals surface area contributed by atoms with Gasteiger partial charge < -0.3 is 30.6 Å². The molecule has 0 amide bonds. The first-order valence-electron chi connectivity index (χ1n) is 7.39. The van der Waals surface area contributed by atoms with Crippen molar-refractivity contribution in [2.75, 3.05) is 6.61 Å². The summed E-state index contributed by atoms with van der Waals surface area (Å²) in [5.74, 6) is 0. The Balaban J connectivity index is 4.59. The Morgan fingerprint density at radius 1 is 0.900 bits per heavy atom. The van der Waals surface area contributed by atoms with Gasteiger partial charge in [0.05, 0.1) is 12.2 Å². The predicted octanol–water partition coefficient (Wildman–Crippen LogP) is -0.466. The zero-order valence-corrected chi connectivity index (χ0v) is 12.4. The lowest BCUT2D eigenvalue weighted by atomic mass is 9.83. The number of aliphatic hydroxyl groups excluding tert-OH is 5. The molecule has 0 aliphatic heterocycles. The first kappa shape index (κ1) is 19.8. The Morgan fingerprint density at radius 2 is 1.50 bits per heavy atom. The van der Waals surface area contributed by atoms with E-state index in [0.717, 1.165) is 19.3 Å². The van der Waals surface area contributed by atoms with Crippen molar-refractivity contribution < 1.29 is 30.6 Å². The van der Waals surface area contributed by atoms with Gasteiger partial charge in [0.1, 0.15) is 24.4 Å². The molecule has 0 radical (unpaired) electrons.